The van der Waals surface area contributed by atoms with E-state index in [0.29, 0.717) is 18.5 Å². The number of alkyl halides is 3. The minimum absolute atomic E-state index is 0.00588. The lowest BCUT2D eigenvalue weighted by Crippen LogP contribution is -2.42. The van der Waals surface area contributed by atoms with Gasteiger partial charge in [0.05, 0.1) is 5.56 Å². The van der Waals surface area contributed by atoms with Crippen LogP contribution in [-0.4, -0.2) is 43.3 Å². The number of benzene rings is 2. The van der Waals surface area contributed by atoms with E-state index < -0.39 is 17.7 Å². The third-order valence-corrected chi connectivity index (χ3v) is 6.83. The van der Waals surface area contributed by atoms with E-state index >= 15 is 0 Å². The molecule has 2 aromatic carbocycles. The van der Waals surface area contributed by atoms with E-state index in [1.165, 1.54) is 19.1 Å². The number of nitrogens with one attached hydrogen (secondary N) is 1. The fourth-order valence-corrected chi connectivity index (χ4v) is 5.03. The number of halogens is 3. The monoisotopic (exact) mass is 501 g/mol. The molecule has 192 valence electrons. The van der Waals surface area contributed by atoms with Gasteiger partial charge in [0.15, 0.2) is 0 Å². The van der Waals surface area contributed by atoms with Gasteiger partial charge in [-0.25, -0.2) is 0 Å². The summed E-state index contributed by atoms with van der Waals surface area (Å²) in [4.78, 5) is 41.0. The van der Waals surface area contributed by atoms with Crippen LogP contribution in [0.2, 0.25) is 0 Å². The molecule has 0 spiro atoms. The number of piperidine rings is 1. The first-order valence-corrected chi connectivity index (χ1v) is 12.2. The molecule has 2 heterocycles. The van der Waals surface area contributed by atoms with E-state index in [-0.39, 0.29) is 36.5 Å². The topological polar surface area (TPSA) is 69.7 Å². The van der Waals surface area contributed by atoms with Crippen molar-refractivity contribution in [2.24, 2.45) is 5.92 Å². The maximum Gasteiger partial charge on any atom is 0.416 e. The van der Waals surface area contributed by atoms with E-state index in [0.717, 1.165) is 49.4 Å². The summed E-state index contributed by atoms with van der Waals surface area (Å²) < 4.78 is 38.2. The Bertz CT molecular complexity index is 1100. The van der Waals surface area contributed by atoms with Gasteiger partial charge in [0.25, 0.3) is 0 Å². The van der Waals surface area contributed by atoms with Crippen molar-refractivity contribution in [3.8, 4) is 0 Å². The van der Waals surface area contributed by atoms with Crippen LogP contribution in [0.3, 0.4) is 0 Å². The molecule has 2 atom stereocenters. The zero-order valence-corrected chi connectivity index (χ0v) is 20.2. The van der Waals surface area contributed by atoms with E-state index in [9.17, 15) is 27.6 Å². The number of nitrogens with zero attached hydrogens (tertiary/aromatic N) is 2. The fourth-order valence-electron chi connectivity index (χ4n) is 5.03. The molecule has 36 heavy (non-hydrogen) atoms. The first kappa shape index (κ1) is 25.7. The average Bonchev–Trinajstić information content (AvgIpc) is 3.28. The number of anilines is 2. The predicted molar refractivity (Wildman–Crippen MR) is 131 cm³/mol. The van der Waals surface area contributed by atoms with Crippen molar-refractivity contribution in [3.05, 3.63) is 59.7 Å². The first-order chi connectivity index (χ1) is 17.1. The van der Waals surface area contributed by atoms with Crippen molar-refractivity contribution in [2.45, 2.75) is 51.2 Å². The molecule has 0 saturated carbocycles. The second-order valence-electron chi connectivity index (χ2n) is 9.59. The second-order valence-corrected chi connectivity index (χ2v) is 9.59. The quantitative estimate of drug-likeness (QED) is 0.612. The van der Waals surface area contributed by atoms with E-state index in [4.69, 9.17) is 0 Å². The number of rotatable bonds is 7. The smallest absolute Gasteiger partial charge is 0.369 e. The summed E-state index contributed by atoms with van der Waals surface area (Å²) in [7, 11) is 0. The number of Topliss-reactive ketones (excluding diaryl/α,β-unsaturated/α-hetero) is 1. The Kier molecular flexibility index (Phi) is 7.66. The van der Waals surface area contributed by atoms with Crippen LogP contribution in [0.1, 0.15) is 43.7 Å². The van der Waals surface area contributed by atoms with Crippen LogP contribution in [0.5, 0.6) is 0 Å². The first-order valence-electron chi connectivity index (χ1n) is 12.2. The van der Waals surface area contributed by atoms with Crippen molar-refractivity contribution < 1.29 is 27.6 Å². The van der Waals surface area contributed by atoms with Crippen LogP contribution in [0.4, 0.5) is 24.5 Å². The number of ketones is 1. The van der Waals surface area contributed by atoms with Crippen LogP contribution in [0, 0.1) is 5.92 Å². The zero-order chi connectivity index (χ0) is 25.9. The van der Waals surface area contributed by atoms with Gasteiger partial charge >= 0.3 is 6.18 Å². The summed E-state index contributed by atoms with van der Waals surface area (Å²) >= 11 is 0. The summed E-state index contributed by atoms with van der Waals surface area (Å²) in [5, 5.41) is 2.95. The van der Waals surface area contributed by atoms with Crippen molar-refractivity contribution in [2.75, 3.05) is 29.4 Å². The molecular formula is C27H30F3N3O3. The highest BCUT2D eigenvalue weighted by Crippen LogP contribution is 2.31. The molecular weight excluding hydrogens is 471 g/mol. The Balaban J connectivity index is 1.33. The summed E-state index contributed by atoms with van der Waals surface area (Å²) in [5.41, 5.74) is 1.56. The zero-order valence-electron chi connectivity index (χ0n) is 20.2. The second kappa shape index (κ2) is 10.7. The number of carbonyl (C=O) groups excluding carboxylic acids is 3. The lowest BCUT2D eigenvalue weighted by Gasteiger charge is -2.32. The largest absolute Gasteiger partial charge is 0.416 e. The van der Waals surface area contributed by atoms with Crippen LogP contribution in [0.15, 0.2) is 48.5 Å². The van der Waals surface area contributed by atoms with E-state index in [1.54, 1.807) is 4.90 Å². The Hall–Kier alpha value is -3.36. The third kappa shape index (κ3) is 6.25. The molecule has 9 heteroatoms. The number of hydrogen-bond donors (Lipinski definition) is 1. The average molecular weight is 502 g/mol. The maximum atomic E-state index is 13.2. The SMILES string of the molecule is CC(=O)N[C@@H]1CCN(c2ccc(N3CCC[C@@H](CC(=O)Cc4ccc(C(F)(F)F)cc4)C3=O)cc2)C1. The molecule has 0 bridgehead atoms. The lowest BCUT2D eigenvalue weighted by atomic mass is 9.90. The summed E-state index contributed by atoms with van der Waals surface area (Å²) in [6.45, 7) is 3.68. The van der Waals surface area contributed by atoms with E-state index in [2.05, 4.69) is 10.2 Å². The molecule has 2 fully saturated rings. The van der Waals surface area contributed by atoms with Gasteiger partial charge < -0.3 is 15.1 Å². The number of hydrogen-bond acceptors (Lipinski definition) is 4. The summed E-state index contributed by atoms with van der Waals surface area (Å²) in [6, 6.07) is 12.5. The van der Waals surface area contributed by atoms with Crippen LogP contribution >= 0.6 is 0 Å². The molecule has 2 amide bonds. The molecule has 0 radical (unpaired) electrons. The van der Waals surface area contributed by atoms with Gasteiger partial charge in [-0.2, -0.15) is 13.2 Å². The summed E-state index contributed by atoms with van der Waals surface area (Å²) in [5.74, 6) is -0.722. The van der Waals surface area contributed by atoms with Crippen LogP contribution in [-0.2, 0) is 27.0 Å². The normalized spacial score (nSPS) is 20.5. The van der Waals surface area contributed by atoms with Crippen molar-refractivity contribution in [1.82, 2.24) is 5.32 Å². The molecule has 4 rings (SSSR count). The highest BCUT2D eigenvalue weighted by molar-refractivity contribution is 5.98. The standard InChI is InChI=1S/C27H30F3N3O3/c1-18(34)31-22-12-14-32(17-22)23-8-10-24(11-9-23)33-13-2-3-20(26(33)36)16-25(35)15-19-4-6-21(7-5-19)27(28,29)30/h4-11,20,22H,2-3,12-17H2,1H3,(H,31,34)/t20-,22+/m0/s1. The number of amides is 2. The minimum Gasteiger partial charge on any atom is -0.369 e. The Labute approximate surface area is 208 Å². The van der Waals surface area contributed by atoms with Crippen molar-refractivity contribution in [1.29, 1.82) is 0 Å². The van der Waals surface area contributed by atoms with E-state index in [1.807, 2.05) is 24.3 Å². The fraction of sp³-hybridized carbons (Fsp3) is 0.444. The highest BCUT2D eigenvalue weighted by atomic mass is 19.4. The molecule has 1 N–H and O–H groups in total. The molecule has 6 nitrogen and oxygen atoms in total. The Morgan fingerprint density at radius 1 is 0.972 bits per heavy atom. The lowest BCUT2D eigenvalue weighted by molar-refractivity contribution is -0.137. The Morgan fingerprint density at radius 3 is 2.28 bits per heavy atom. The van der Waals surface area contributed by atoms with Gasteiger partial charge in [0.1, 0.15) is 5.78 Å². The molecule has 0 aromatic heterocycles. The molecule has 0 aliphatic carbocycles. The van der Waals surface area contributed by atoms with Crippen molar-refractivity contribution in [3.63, 3.8) is 0 Å². The van der Waals surface area contributed by atoms with Gasteiger partial charge in [-0.3, -0.25) is 14.4 Å². The van der Waals surface area contributed by atoms with Crippen LogP contribution in [0.25, 0.3) is 0 Å². The molecule has 2 aliphatic rings. The van der Waals surface area contributed by atoms with Gasteiger partial charge in [-0.15, -0.1) is 0 Å². The van der Waals surface area contributed by atoms with Crippen LogP contribution < -0.4 is 15.1 Å². The molecule has 0 unspecified atom stereocenters. The molecule has 2 saturated heterocycles. The van der Waals surface area contributed by atoms with Gasteiger partial charge in [0, 0.05) is 62.7 Å². The number of carbonyl (C=O) groups is 3. The molecule has 2 aliphatic heterocycles. The Morgan fingerprint density at radius 2 is 1.64 bits per heavy atom. The highest BCUT2D eigenvalue weighted by Gasteiger charge is 2.32. The maximum absolute atomic E-state index is 13.2. The van der Waals surface area contributed by atoms with Crippen molar-refractivity contribution >= 4 is 29.0 Å². The van der Waals surface area contributed by atoms with Gasteiger partial charge in [-0.05, 0) is 61.2 Å². The summed E-state index contributed by atoms with van der Waals surface area (Å²) in [6.07, 6.45) is -2.06. The predicted octanol–water partition coefficient (Wildman–Crippen LogP) is 4.37. The van der Waals surface area contributed by atoms with Gasteiger partial charge in [0.2, 0.25) is 11.8 Å². The third-order valence-electron chi connectivity index (χ3n) is 6.83. The molecule has 2 aromatic rings. The minimum atomic E-state index is -4.41. The van der Waals surface area contributed by atoms with Gasteiger partial charge in [-0.1, -0.05) is 12.1 Å².